The summed E-state index contributed by atoms with van der Waals surface area (Å²) in [6.07, 6.45) is 0.917. The molecule has 12 nitrogen and oxygen atoms in total. The van der Waals surface area contributed by atoms with Gasteiger partial charge in [0, 0.05) is 44.9 Å². The van der Waals surface area contributed by atoms with Crippen molar-refractivity contribution in [2.45, 2.75) is 6.42 Å². The fourth-order valence-corrected chi connectivity index (χ4v) is 5.17. The maximum Gasteiger partial charge on any atom is 0.232 e. The van der Waals surface area contributed by atoms with Gasteiger partial charge in [-0.15, -0.1) is 0 Å². The molecule has 2 fully saturated rings. The number of pyridine rings is 1. The van der Waals surface area contributed by atoms with E-state index in [2.05, 4.69) is 30.3 Å². The van der Waals surface area contributed by atoms with Gasteiger partial charge in [0.05, 0.1) is 44.1 Å². The number of hydrogen-bond donors (Lipinski definition) is 2. The van der Waals surface area contributed by atoms with Crippen LogP contribution in [0.15, 0.2) is 52.9 Å². The van der Waals surface area contributed by atoms with E-state index < -0.39 is 0 Å². The molecule has 0 spiro atoms. The lowest BCUT2D eigenvalue weighted by molar-refractivity contribution is 0.0357. The zero-order chi connectivity index (χ0) is 27.4. The Morgan fingerprint density at radius 1 is 0.902 bits per heavy atom. The van der Waals surface area contributed by atoms with Gasteiger partial charge in [0.25, 0.3) is 0 Å². The second-order valence-corrected chi connectivity index (χ2v) is 10.1. The van der Waals surface area contributed by atoms with Gasteiger partial charge in [-0.1, -0.05) is 30.3 Å². The van der Waals surface area contributed by atoms with E-state index in [1.165, 1.54) is 0 Å². The van der Waals surface area contributed by atoms with Crippen molar-refractivity contribution in [2.24, 2.45) is 0 Å². The van der Waals surface area contributed by atoms with Crippen molar-refractivity contribution in [1.82, 2.24) is 30.0 Å². The van der Waals surface area contributed by atoms with Crippen molar-refractivity contribution < 1.29 is 18.6 Å². The number of nitrogens with zero attached hydrogens (tertiary/aromatic N) is 6. The van der Waals surface area contributed by atoms with Gasteiger partial charge >= 0.3 is 0 Å². The van der Waals surface area contributed by atoms with Crippen LogP contribution in [0.4, 0.5) is 17.6 Å². The molecule has 0 amide bonds. The Morgan fingerprint density at radius 2 is 1.71 bits per heavy atom. The van der Waals surface area contributed by atoms with Gasteiger partial charge in [-0.25, -0.2) is 4.98 Å². The summed E-state index contributed by atoms with van der Waals surface area (Å²) in [7, 11) is 0. The third kappa shape index (κ3) is 5.67. The molecule has 0 aliphatic carbocycles. The molecule has 0 radical (unpaired) electrons. The lowest BCUT2D eigenvalue weighted by atomic mass is 10.2. The second kappa shape index (κ2) is 11.7. The first-order valence-corrected chi connectivity index (χ1v) is 14.0. The molecule has 12 heteroatoms. The molecule has 7 rings (SSSR count). The van der Waals surface area contributed by atoms with E-state index in [9.17, 15) is 0 Å². The van der Waals surface area contributed by atoms with Crippen LogP contribution in [0.5, 0.6) is 5.88 Å². The summed E-state index contributed by atoms with van der Waals surface area (Å²) >= 11 is 0. The van der Waals surface area contributed by atoms with Crippen molar-refractivity contribution in [2.75, 3.05) is 76.0 Å². The highest BCUT2D eigenvalue weighted by Crippen LogP contribution is 2.35. The van der Waals surface area contributed by atoms with Crippen LogP contribution in [0.25, 0.3) is 33.5 Å². The molecule has 41 heavy (non-hydrogen) atoms. The van der Waals surface area contributed by atoms with Crippen molar-refractivity contribution in [3.05, 3.63) is 48.5 Å². The minimum absolute atomic E-state index is 0.427. The number of aromatic amines is 1. The third-order valence-corrected chi connectivity index (χ3v) is 7.32. The lowest BCUT2D eigenvalue weighted by Gasteiger charge is -2.27. The molecular weight excluding hydrogens is 524 g/mol. The van der Waals surface area contributed by atoms with Crippen LogP contribution in [-0.4, -0.2) is 95.8 Å². The minimum Gasteiger partial charge on any atom is -0.478 e. The number of benzene rings is 1. The summed E-state index contributed by atoms with van der Waals surface area (Å²) in [5.74, 6) is 2.28. The number of aromatic nitrogens is 5. The molecule has 0 unspecified atom stereocenters. The average Bonchev–Trinajstić information content (AvgIpc) is 3.65. The van der Waals surface area contributed by atoms with Crippen molar-refractivity contribution in [3.63, 3.8) is 0 Å². The summed E-state index contributed by atoms with van der Waals surface area (Å²) < 4.78 is 23.3. The van der Waals surface area contributed by atoms with E-state index in [-0.39, 0.29) is 0 Å². The van der Waals surface area contributed by atoms with E-state index in [0.717, 1.165) is 55.9 Å². The van der Waals surface area contributed by atoms with Crippen LogP contribution in [-0.2, 0) is 9.47 Å². The fourth-order valence-electron chi connectivity index (χ4n) is 5.17. The number of rotatable bonds is 9. The molecule has 212 valence electrons. The summed E-state index contributed by atoms with van der Waals surface area (Å²) in [5.41, 5.74) is 3.70. The number of nitrogens with one attached hydrogen (secondary N) is 2. The minimum atomic E-state index is 0.427. The Hall–Kier alpha value is -4.26. The van der Waals surface area contributed by atoms with Gasteiger partial charge in [-0.2, -0.15) is 15.1 Å². The number of hydrogen-bond acceptors (Lipinski definition) is 11. The van der Waals surface area contributed by atoms with Gasteiger partial charge in [0.1, 0.15) is 5.52 Å². The molecule has 1 aromatic carbocycles. The number of fused-ring (bicyclic) bond motifs is 3. The SMILES string of the molecule is c1ccc(-c2cc(Nc3nc(N4CCOCC4)c4oc5nc(OCCCN6CCOCC6)ccc5c4n3)n[nH]2)cc1. The van der Waals surface area contributed by atoms with Gasteiger partial charge in [0.15, 0.2) is 17.2 Å². The highest BCUT2D eigenvalue weighted by molar-refractivity contribution is 6.05. The normalized spacial score (nSPS) is 16.4. The highest BCUT2D eigenvalue weighted by Gasteiger charge is 2.23. The van der Waals surface area contributed by atoms with Crippen molar-refractivity contribution in [1.29, 1.82) is 0 Å². The zero-order valence-corrected chi connectivity index (χ0v) is 22.7. The van der Waals surface area contributed by atoms with Gasteiger partial charge in [-0.05, 0) is 18.1 Å². The predicted octanol–water partition coefficient (Wildman–Crippen LogP) is 3.84. The van der Waals surface area contributed by atoms with Crippen LogP contribution in [0, 0.1) is 0 Å². The summed E-state index contributed by atoms with van der Waals surface area (Å²) in [6, 6.07) is 15.8. The summed E-state index contributed by atoms with van der Waals surface area (Å²) in [5, 5.41) is 11.6. The quantitative estimate of drug-likeness (QED) is 0.257. The van der Waals surface area contributed by atoms with Crippen LogP contribution in [0.3, 0.4) is 0 Å². The second-order valence-electron chi connectivity index (χ2n) is 10.1. The maximum absolute atomic E-state index is 6.28. The van der Waals surface area contributed by atoms with Gasteiger partial charge in [0.2, 0.25) is 17.5 Å². The average molecular weight is 557 g/mol. The smallest absolute Gasteiger partial charge is 0.232 e. The molecule has 0 bridgehead atoms. The molecule has 6 heterocycles. The van der Waals surface area contributed by atoms with E-state index in [1.807, 2.05) is 48.5 Å². The number of anilines is 3. The van der Waals surface area contributed by atoms with E-state index >= 15 is 0 Å². The first-order chi connectivity index (χ1) is 20.3. The molecule has 0 saturated carbocycles. The first kappa shape index (κ1) is 25.7. The highest BCUT2D eigenvalue weighted by atomic mass is 16.5. The number of H-pyrrole nitrogens is 1. The van der Waals surface area contributed by atoms with Gasteiger partial charge < -0.3 is 28.8 Å². The Labute approximate surface area is 236 Å². The summed E-state index contributed by atoms with van der Waals surface area (Å²) in [4.78, 5) is 18.9. The molecule has 2 N–H and O–H groups in total. The van der Waals surface area contributed by atoms with Crippen LogP contribution in [0.2, 0.25) is 0 Å². The number of furan rings is 1. The maximum atomic E-state index is 6.28. The zero-order valence-electron chi connectivity index (χ0n) is 22.7. The van der Waals surface area contributed by atoms with Crippen LogP contribution in [0.1, 0.15) is 6.42 Å². The van der Waals surface area contributed by atoms with E-state index in [1.54, 1.807) is 0 Å². The van der Waals surface area contributed by atoms with E-state index in [0.29, 0.717) is 73.2 Å². The molecule has 0 atom stereocenters. The van der Waals surface area contributed by atoms with Crippen LogP contribution >= 0.6 is 0 Å². The molecular formula is C29H32N8O4. The summed E-state index contributed by atoms with van der Waals surface area (Å²) in [6.45, 7) is 7.75. The standard InChI is InChI=1S/C29H32N8O4/c1-2-5-20(6-3-1)22-19-23(35-34-22)30-29-32-25-21-7-8-24(40-14-4-9-36-10-15-38-16-11-36)31-28(21)41-26(25)27(33-29)37-12-17-39-18-13-37/h1-3,5-8,19H,4,9-18H2,(H2,30,32,33,34,35). The Bertz CT molecular complexity index is 1610. The number of morpholine rings is 2. The Morgan fingerprint density at radius 3 is 2.54 bits per heavy atom. The Kier molecular flexibility index (Phi) is 7.33. The third-order valence-electron chi connectivity index (χ3n) is 7.32. The van der Waals surface area contributed by atoms with Crippen molar-refractivity contribution >= 4 is 39.8 Å². The molecule has 2 aliphatic heterocycles. The topological polar surface area (TPSA) is 127 Å². The predicted molar refractivity (Wildman–Crippen MR) is 155 cm³/mol. The molecule has 4 aromatic heterocycles. The largest absolute Gasteiger partial charge is 0.478 e. The fraction of sp³-hybridized carbons (Fsp3) is 0.379. The Balaban J connectivity index is 1.15. The van der Waals surface area contributed by atoms with Crippen LogP contribution < -0.4 is 15.0 Å². The molecule has 2 aliphatic rings. The number of ether oxygens (including phenoxy) is 3. The van der Waals surface area contributed by atoms with E-state index in [4.69, 9.17) is 28.6 Å². The van der Waals surface area contributed by atoms with Crippen molar-refractivity contribution in [3.8, 4) is 17.1 Å². The molecule has 5 aromatic rings. The van der Waals surface area contributed by atoms with Gasteiger partial charge in [-0.3, -0.25) is 10.00 Å². The molecule has 2 saturated heterocycles. The lowest BCUT2D eigenvalue weighted by Crippen LogP contribution is -2.37. The monoisotopic (exact) mass is 556 g/mol. The first-order valence-electron chi connectivity index (χ1n) is 14.0.